The summed E-state index contributed by atoms with van der Waals surface area (Å²) in [6, 6.07) is 10.0. The number of benzene rings is 1. The van der Waals surface area contributed by atoms with Crippen LogP contribution in [0.2, 0.25) is 34.8 Å². The summed E-state index contributed by atoms with van der Waals surface area (Å²) >= 11 is 0. The molecule has 1 aromatic rings. The summed E-state index contributed by atoms with van der Waals surface area (Å²) in [5.41, 5.74) is 3.32. The Morgan fingerprint density at radius 3 is 1.83 bits per heavy atom. The van der Waals surface area contributed by atoms with Crippen LogP contribution in [0.15, 0.2) is 42.5 Å². The lowest BCUT2D eigenvalue weighted by atomic mass is 10.0. The topological polar surface area (TPSA) is 44.8 Å². The van der Waals surface area contributed by atoms with Gasteiger partial charge in [-0.25, -0.2) is 0 Å². The molecule has 6 heteroatoms. The molecule has 0 radical (unpaired) electrons. The van der Waals surface area contributed by atoms with Gasteiger partial charge in [-0.3, -0.25) is 4.79 Å². The highest BCUT2D eigenvalue weighted by atomic mass is 28.4. The molecule has 0 aliphatic carbocycles. The van der Waals surface area contributed by atoms with Crippen LogP contribution in [0.4, 0.5) is 0 Å². The second-order valence-corrected chi connectivity index (χ2v) is 23.0. The van der Waals surface area contributed by atoms with E-state index in [1.54, 1.807) is 0 Å². The number of Topliss-reactive ketones (excluding diaryl/α,β-unsaturated/α-hetero) is 1. The minimum atomic E-state index is -2.17. The summed E-state index contributed by atoms with van der Waals surface area (Å²) in [7, 11) is -4.23. The molecule has 0 aliphatic heterocycles. The first-order valence-electron chi connectivity index (χ1n) is 13.6. The molecule has 0 N–H and O–H groups in total. The van der Waals surface area contributed by atoms with E-state index in [2.05, 4.69) is 82.0 Å². The van der Waals surface area contributed by atoms with Crippen molar-refractivity contribution in [2.24, 2.45) is 0 Å². The highest BCUT2D eigenvalue weighted by Gasteiger charge is 2.47. The van der Waals surface area contributed by atoms with Gasteiger partial charge >= 0.3 is 0 Å². The van der Waals surface area contributed by atoms with Crippen molar-refractivity contribution in [2.45, 2.75) is 129 Å². The molecule has 0 fully saturated rings. The van der Waals surface area contributed by atoms with Crippen LogP contribution in [0.3, 0.4) is 0 Å². The molecule has 0 aliphatic rings. The molecule has 1 aromatic carbocycles. The Balaban J connectivity index is 3.23. The number of carbonyl (C=O) groups excluding carboxylic acids is 1. The number of carbonyl (C=O) groups is 1. The second-order valence-electron chi connectivity index (χ2n) is 12.8. The van der Waals surface area contributed by atoms with Crippen LogP contribution in [0.1, 0.15) is 81.2 Å². The number of rotatable bonds is 15. The van der Waals surface area contributed by atoms with E-state index in [-0.39, 0.29) is 23.5 Å². The van der Waals surface area contributed by atoms with Crippen LogP contribution in [-0.4, -0.2) is 41.2 Å². The summed E-state index contributed by atoms with van der Waals surface area (Å²) < 4.78 is 19.7. The van der Waals surface area contributed by atoms with Crippen molar-refractivity contribution in [1.29, 1.82) is 0 Å². The highest BCUT2D eigenvalue weighted by Crippen LogP contribution is 2.44. The van der Waals surface area contributed by atoms with E-state index in [4.69, 9.17) is 13.6 Å². The number of hydrogen-bond acceptors (Lipinski definition) is 4. The van der Waals surface area contributed by atoms with Crippen LogP contribution < -0.4 is 0 Å². The van der Waals surface area contributed by atoms with Gasteiger partial charge in [0, 0.05) is 6.42 Å². The molecule has 0 saturated carbocycles. The zero-order valence-electron chi connectivity index (χ0n) is 25.2. The third-order valence-corrected chi connectivity index (χ3v) is 18.7. The summed E-state index contributed by atoms with van der Waals surface area (Å²) in [6.07, 6.45) is -0.390. The zero-order chi connectivity index (χ0) is 27.9. The van der Waals surface area contributed by atoms with Gasteiger partial charge in [0.25, 0.3) is 0 Å². The Bertz CT molecular complexity index is 803. The Morgan fingerprint density at radius 1 is 0.917 bits per heavy atom. The molecule has 4 nitrogen and oxygen atoms in total. The van der Waals surface area contributed by atoms with Crippen LogP contribution in [0, 0.1) is 0 Å². The summed E-state index contributed by atoms with van der Waals surface area (Å²) in [5.74, 6) is -0.0171. The van der Waals surface area contributed by atoms with Crippen molar-refractivity contribution >= 4 is 22.4 Å². The normalized spacial score (nSPS) is 15.0. The van der Waals surface area contributed by atoms with Gasteiger partial charge in [-0.05, 0) is 47.2 Å². The second kappa shape index (κ2) is 13.7. The Kier molecular flexibility index (Phi) is 12.5. The summed E-state index contributed by atoms with van der Waals surface area (Å²) in [5, 5.41) is 0.0357. The molecule has 0 amide bonds. The van der Waals surface area contributed by atoms with Crippen molar-refractivity contribution in [3.05, 3.63) is 48.0 Å². The molecular formula is C30H54O4Si2. The molecule has 0 spiro atoms. The number of ether oxygens (including phenoxy) is 1. The molecule has 2 atom stereocenters. The van der Waals surface area contributed by atoms with Crippen LogP contribution >= 0.6 is 0 Å². The maximum Gasteiger partial charge on any atom is 0.201 e. The number of ketones is 1. The molecule has 1 rings (SSSR count). The fraction of sp³-hybridized carbons (Fsp3) is 0.700. The van der Waals surface area contributed by atoms with Crippen molar-refractivity contribution in [1.82, 2.24) is 0 Å². The first-order chi connectivity index (χ1) is 16.5. The maximum atomic E-state index is 13.6. The highest BCUT2D eigenvalue weighted by molar-refractivity contribution is 6.77. The van der Waals surface area contributed by atoms with Crippen LogP contribution in [-0.2, 0) is 25.0 Å². The van der Waals surface area contributed by atoms with Gasteiger partial charge in [-0.1, -0.05) is 105 Å². The van der Waals surface area contributed by atoms with E-state index >= 15 is 0 Å². The quantitative estimate of drug-likeness (QED) is 0.167. The van der Waals surface area contributed by atoms with Gasteiger partial charge in [-0.2, -0.15) is 0 Å². The predicted octanol–water partition coefficient (Wildman–Crippen LogP) is 8.69. The van der Waals surface area contributed by atoms with Crippen LogP contribution in [0.5, 0.6) is 0 Å². The SMILES string of the molecule is C=C(C)[C@H](C[C@H](OCc1ccccc1)C(=O)CO[Si](C)(C)C(C)(C)C)O[Si](C(C)C)(C(C)C)C(C)C. The molecule has 0 aromatic heterocycles. The monoisotopic (exact) mass is 534 g/mol. The molecular weight excluding hydrogens is 480 g/mol. The minimum absolute atomic E-state index is 0.0171. The molecule has 0 saturated heterocycles. The van der Waals surface area contributed by atoms with E-state index in [1.807, 2.05) is 37.3 Å². The van der Waals surface area contributed by atoms with Crippen molar-refractivity contribution < 1.29 is 18.4 Å². The molecule has 0 unspecified atom stereocenters. The van der Waals surface area contributed by atoms with E-state index in [1.165, 1.54) is 0 Å². The standard InChI is InChI=1S/C30H54O4Si2/c1-22(2)28(34-36(23(3)4,24(5)6)25(7)8)19-29(32-20-26-17-15-14-16-18-26)27(31)21-33-35(12,13)30(9,10)11/h14-18,23-25,28-29H,1,19-21H2,2-13H3/t28-,29-/m0/s1. The van der Waals surface area contributed by atoms with E-state index < -0.39 is 22.7 Å². The molecule has 36 heavy (non-hydrogen) atoms. The smallest absolute Gasteiger partial charge is 0.201 e. The number of hydrogen-bond donors (Lipinski definition) is 0. The summed E-state index contributed by atoms with van der Waals surface area (Å²) in [6.45, 7) is 31.3. The van der Waals surface area contributed by atoms with Gasteiger partial charge in [-0.15, -0.1) is 0 Å². The first-order valence-corrected chi connectivity index (χ1v) is 18.7. The van der Waals surface area contributed by atoms with Crippen molar-refractivity contribution in [2.75, 3.05) is 6.61 Å². The van der Waals surface area contributed by atoms with Gasteiger partial charge < -0.3 is 13.6 Å². The van der Waals surface area contributed by atoms with Crippen molar-refractivity contribution in [3.8, 4) is 0 Å². The van der Waals surface area contributed by atoms with Gasteiger partial charge in [0.2, 0.25) is 8.32 Å². The largest absolute Gasteiger partial charge is 0.409 e. The van der Waals surface area contributed by atoms with E-state index in [0.717, 1.165) is 11.1 Å². The minimum Gasteiger partial charge on any atom is -0.409 e. The first kappa shape index (κ1) is 33.0. The third kappa shape index (κ3) is 8.76. The van der Waals surface area contributed by atoms with E-state index in [9.17, 15) is 4.79 Å². The van der Waals surface area contributed by atoms with E-state index in [0.29, 0.717) is 29.7 Å². The van der Waals surface area contributed by atoms with Crippen LogP contribution in [0.25, 0.3) is 0 Å². The fourth-order valence-electron chi connectivity index (χ4n) is 4.82. The third-order valence-electron chi connectivity index (χ3n) is 8.07. The summed E-state index contributed by atoms with van der Waals surface area (Å²) in [4.78, 5) is 13.6. The average molecular weight is 535 g/mol. The Morgan fingerprint density at radius 2 is 1.42 bits per heavy atom. The average Bonchev–Trinajstić information content (AvgIpc) is 2.76. The zero-order valence-corrected chi connectivity index (χ0v) is 27.2. The van der Waals surface area contributed by atoms with Gasteiger partial charge in [0.15, 0.2) is 14.1 Å². The molecule has 206 valence electrons. The maximum absolute atomic E-state index is 13.6. The van der Waals surface area contributed by atoms with Crippen molar-refractivity contribution in [3.63, 3.8) is 0 Å². The Labute approximate surface area is 224 Å². The van der Waals surface area contributed by atoms with Gasteiger partial charge in [0.05, 0.1) is 19.3 Å². The Hall–Kier alpha value is -1.06. The predicted molar refractivity (Wildman–Crippen MR) is 159 cm³/mol. The fourth-order valence-corrected chi connectivity index (χ4v) is 11.4. The molecule has 0 heterocycles. The molecule has 0 bridgehead atoms. The lowest BCUT2D eigenvalue weighted by Gasteiger charge is -2.45. The van der Waals surface area contributed by atoms with Gasteiger partial charge in [0.1, 0.15) is 6.10 Å². The lowest BCUT2D eigenvalue weighted by molar-refractivity contribution is -0.135. The lowest BCUT2D eigenvalue weighted by Crippen LogP contribution is -2.51.